The van der Waals surface area contributed by atoms with Crippen molar-refractivity contribution in [1.29, 1.82) is 5.26 Å². The molecule has 0 spiro atoms. The molecule has 1 aromatic carbocycles. The SMILES string of the molecule is C[C@H](c1ncnn1-c1ccc(C#N)cn1)N(CC1CC1)C(=O)c1cc(Cl)cc(S(C)(=O)=O)c1.S. The molecule has 34 heavy (non-hydrogen) atoms. The first-order chi connectivity index (χ1) is 15.7. The van der Waals surface area contributed by atoms with Gasteiger partial charge in [0.15, 0.2) is 21.5 Å². The molecule has 0 N–H and O–H groups in total. The molecule has 4 rings (SSSR count). The van der Waals surface area contributed by atoms with Crippen LogP contribution < -0.4 is 0 Å². The first kappa shape index (κ1) is 25.7. The van der Waals surface area contributed by atoms with Crippen LogP contribution >= 0.6 is 25.1 Å². The van der Waals surface area contributed by atoms with Crippen molar-refractivity contribution in [3.05, 3.63) is 64.8 Å². The third-order valence-electron chi connectivity index (χ3n) is 5.47. The van der Waals surface area contributed by atoms with Gasteiger partial charge in [0.2, 0.25) is 0 Å². The second kappa shape index (κ2) is 10.1. The van der Waals surface area contributed by atoms with E-state index in [1.54, 1.807) is 17.0 Å². The smallest absolute Gasteiger partial charge is 0.254 e. The summed E-state index contributed by atoms with van der Waals surface area (Å²) in [4.78, 5) is 23.9. The van der Waals surface area contributed by atoms with Gasteiger partial charge < -0.3 is 4.90 Å². The number of hydrogen-bond acceptors (Lipinski definition) is 7. The number of benzene rings is 1. The highest BCUT2D eigenvalue weighted by atomic mass is 35.5. The third-order valence-corrected chi connectivity index (χ3v) is 6.78. The number of pyridine rings is 1. The Morgan fingerprint density at radius 1 is 1.29 bits per heavy atom. The summed E-state index contributed by atoms with van der Waals surface area (Å²) in [5.41, 5.74) is 0.611. The summed E-state index contributed by atoms with van der Waals surface area (Å²) in [7, 11) is -3.54. The molecule has 1 atom stereocenters. The Bertz CT molecular complexity index is 1350. The average molecular weight is 519 g/mol. The van der Waals surface area contributed by atoms with Gasteiger partial charge in [0.05, 0.1) is 16.5 Å². The van der Waals surface area contributed by atoms with E-state index in [-0.39, 0.29) is 34.9 Å². The maximum Gasteiger partial charge on any atom is 0.254 e. The van der Waals surface area contributed by atoms with Gasteiger partial charge in [-0.05, 0) is 56.0 Å². The van der Waals surface area contributed by atoms with Crippen molar-refractivity contribution < 1.29 is 13.2 Å². The number of amides is 1. The molecule has 1 amide bonds. The van der Waals surface area contributed by atoms with Crippen LogP contribution in [0.2, 0.25) is 5.02 Å². The van der Waals surface area contributed by atoms with E-state index in [1.165, 1.54) is 35.4 Å². The molecule has 1 aliphatic rings. The fourth-order valence-electron chi connectivity index (χ4n) is 3.49. The van der Waals surface area contributed by atoms with E-state index in [0.29, 0.717) is 29.7 Å². The van der Waals surface area contributed by atoms with E-state index >= 15 is 0 Å². The van der Waals surface area contributed by atoms with Crippen LogP contribution in [-0.4, -0.2) is 51.8 Å². The van der Waals surface area contributed by atoms with Gasteiger partial charge in [0, 0.05) is 29.6 Å². The van der Waals surface area contributed by atoms with Crippen molar-refractivity contribution in [2.75, 3.05) is 12.8 Å². The second-order valence-electron chi connectivity index (χ2n) is 8.07. The summed E-state index contributed by atoms with van der Waals surface area (Å²) in [5.74, 6) is 0.986. The summed E-state index contributed by atoms with van der Waals surface area (Å²) in [6.07, 6.45) is 5.93. The Kier molecular flexibility index (Phi) is 7.65. The lowest BCUT2D eigenvalue weighted by molar-refractivity contribution is 0.0670. The van der Waals surface area contributed by atoms with Gasteiger partial charge in [-0.2, -0.15) is 28.5 Å². The maximum atomic E-state index is 13.6. The van der Waals surface area contributed by atoms with Gasteiger partial charge in [0.25, 0.3) is 5.91 Å². The van der Waals surface area contributed by atoms with Gasteiger partial charge in [-0.15, -0.1) is 0 Å². The van der Waals surface area contributed by atoms with Crippen LogP contribution in [0.4, 0.5) is 0 Å². The lowest BCUT2D eigenvalue weighted by Crippen LogP contribution is -2.36. The van der Waals surface area contributed by atoms with Crippen LogP contribution in [0.3, 0.4) is 0 Å². The standard InChI is InChI=1S/C22H21ClN6O3S.H2S/c1-14(21-26-13-27-29(21)20-6-5-16(10-24)11-25-20)28(12-15-3-4-15)22(30)17-7-18(23)9-19(8-17)33(2,31)32;/h5-9,11,13-15H,3-4,12H2,1-2H3;1H2/t14-;/m1./s1. The molecule has 2 heterocycles. The molecule has 0 unspecified atom stereocenters. The van der Waals surface area contributed by atoms with Gasteiger partial charge in [0.1, 0.15) is 12.4 Å². The summed E-state index contributed by atoms with van der Waals surface area (Å²) >= 11 is 6.14. The van der Waals surface area contributed by atoms with Crippen molar-refractivity contribution in [3.8, 4) is 11.9 Å². The first-order valence-corrected chi connectivity index (χ1v) is 12.5. The molecule has 1 aliphatic carbocycles. The zero-order valence-electron chi connectivity index (χ0n) is 18.5. The number of carbonyl (C=O) groups is 1. The minimum absolute atomic E-state index is 0. The maximum absolute atomic E-state index is 13.6. The summed E-state index contributed by atoms with van der Waals surface area (Å²) < 4.78 is 25.6. The van der Waals surface area contributed by atoms with Gasteiger partial charge in [-0.1, -0.05) is 11.6 Å². The van der Waals surface area contributed by atoms with Crippen molar-refractivity contribution in [1.82, 2.24) is 24.6 Å². The quantitative estimate of drug-likeness (QED) is 0.470. The Labute approximate surface area is 209 Å². The predicted molar refractivity (Wildman–Crippen MR) is 131 cm³/mol. The average Bonchev–Trinajstić information content (AvgIpc) is 3.48. The molecule has 3 aromatic rings. The monoisotopic (exact) mass is 518 g/mol. The lowest BCUT2D eigenvalue weighted by atomic mass is 10.1. The van der Waals surface area contributed by atoms with E-state index in [1.807, 2.05) is 13.0 Å². The largest absolute Gasteiger partial charge is 0.328 e. The predicted octanol–water partition coefficient (Wildman–Crippen LogP) is 3.32. The minimum Gasteiger partial charge on any atom is -0.328 e. The Morgan fingerprint density at radius 3 is 2.62 bits per heavy atom. The van der Waals surface area contributed by atoms with Crippen LogP contribution in [0.15, 0.2) is 47.8 Å². The first-order valence-electron chi connectivity index (χ1n) is 10.3. The topological polar surface area (TPSA) is 122 Å². The molecule has 1 fully saturated rings. The summed E-state index contributed by atoms with van der Waals surface area (Å²) in [6.45, 7) is 2.33. The Morgan fingerprint density at radius 2 is 2.03 bits per heavy atom. The summed E-state index contributed by atoms with van der Waals surface area (Å²) in [5, 5.41) is 13.4. The van der Waals surface area contributed by atoms with E-state index in [2.05, 4.69) is 15.1 Å². The number of carbonyl (C=O) groups excluding carboxylic acids is 1. The molecule has 12 heteroatoms. The normalized spacial score (nSPS) is 14.1. The molecule has 1 saturated carbocycles. The highest BCUT2D eigenvalue weighted by Gasteiger charge is 2.33. The molecule has 0 bridgehead atoms. The van der Waals surface area contributed by atoms with Crippen LogP contribution in [0.1, 0.15) is 47.6 Å². The highest BCUT2D eigenvalue weighted by Crippen LogP contribution is 2.34. The molecular weight excluding hydrogens is 496 g/mol. The molecule has 9 nitrogen and oxygen atoms in total. The number of nitrogens with zero attached hydrogens (tertiary/aromatic N) is 6. The van der Waals surface area contributed by atoms with Crippen molar-refractivity contribution >= 4 is 40.8 Å². The third kappa shape index (κ3) is 5.58. The highest BCUT2D eigenvalue weighted by molar-refractivity contribution is 7.90. The van der Waals surface area contributed by atoms with Crippen molar-refractivity contribution in [2.24, 2.45) is 5.92 Å². The van der Waals surface area contributed by atoms with Crippen LogP contribution in [-0.2, 0) is 9.84 Å². The van der Waals surface area contributed by atoms with Crippen molar-refractivity contribution in [2.45, 2.75) is 30.7 Å². The van der Waals surface area contributed by atoms with E-state index in [0.717, 1.165) is 19.1 Å². The van der Waals surface area contributed by atoms with Gasteiger partial charge >= 0.3 is 0 Å². The van der Waals surface area contributed by atoms with Crippen LogP contribution in [0.5, 0.6) is 0 Å². The Hall–Kier alpha value is -2.94. The molecule has 2 aromatic heterocycles. The van der Waals surface area contributed by atoms with Crippen LogP contribution in [0, 0.1) is 17.2 Å². The molecule has 178 valence electrons. The zero-order chi connectivity index (χ0) is 23.8. The lowest BCUT2D eigenvalue weighted by Gasteiger charge is -2.29. The van der Waals surface area contributed by atoms with E-state index in [9.17, 15) is 13.2 Å². The molecule has 0 radical (unpaired) electrons. The van der Waals surface area contributed by atoms with Gasteiger partial charge in [-0.25, -0.2) is 18.4 Å². The molecular formula is C22H23ClN6O3S2. The van der Waals surface area contributed by atoms with E-state index in [4.69, 9.17) is 16.9 Å². The molecule has 0 aliphatic heterocycles. The number of halogens is 1. The van der Waals surface area contributed by atoms with Crippen molar-refractivity contribution in [3.63, 3.8) is 0 Å². The minimum atomic E-state index is -3.54. The number of hydrogen-bond donors (Lipinski definition) is 0. The number of nitriles is 1. The number of aromatic nitrogens is 4. The van der Waals surface area contributed by atoms with Gasteiger partial charge in [-0.3, -0.25) is 4.79 Å². The zero-order valence-corrected chi connectivity index (χ0v) is 21.1. The second-order valence-corrected chi connectivity index (χ2v) is 10.5. The summed E-state index contributed by atoms with van der Waals surface area (Å²) in [6, 6.07) is 8.97. The number of rotatable bonds is 7. The number of sulfone groups is 1. The fourth-order valence-corrected chi connectivity index (χ4v) is 4.47. The van der Waals surface area contributed by atoms with E-state index < -0.39 is 15.9 Å². The van der Waals surface area contributed by atoms with Crippen LogP contribution in [0.25, 0.3) is 5.82 Å². The Balaban J connectivity index is 0.00000324. The fraction of sp³-hybridized carbons (Fsp3) is 0.318. The molecule has 0 saturated heterocycles.